The molecule has 130 valence electrons. The standard InChI is InChI=1S/C18H27N5O/c1-3-9-23-15(2)17(13-20-23)18(24)22-10-5-4-6-16(22)7-11-21-12-8-19-14-21/h8,12-14,16H,3-7,9-11H2,1-2H3. The Bertz CT molecular complexity index is 661. The zero-order valence-electron chi connectivity index (χ0n) is 14.7. The summed E-state index contributed by atoms with van der Waals surface area (Å²) in [5.41, 5.74) is 1.75. The average molecular weight is 329 g/mol. The number of carbonyl (C=O) groups excluding carboxylic acids is 1. The summed E-state index contributed by atoms with van der Waals surface area (Å²) in [5, 5.41) is 4.39. The van der Waals surface area contributed by atoms with Crippen molar-refractivity contribution in [2.45, 2.75) is 65.1 Å². The van der Waals surface area contributed by atoms with Crippen LogP contribution < -0.4 is 0 Å². The summed E-state index contributed by atoms with van der Waals surface area (Å²) in [5.74, 6) is 0.144. The van der Waals surface area contributed by atoms with Gasteiger partial charge in [-0.3, -0.25) is 9.48 Å². The second-order valence-corrected chi connectivity index (χ2v) is 6.60. The van der Waals surface area contributed by atoms with Crippen molar-refractivity contribution in [2.75, 3.05) is 6.54 Å². The first-order valence-electron chi connectivity index (χ1n) is 8.99. The van der Waals surface area contributed by atoms with Crippen molar-refractivity contribution in [3.05, 3.63) is 36.2 Å². The predicted molar refractivity (Wildman–Crippen MR) is 92.8 cm³/mol. The number of nitrogens with zero attached hydrogens (tertiary/aromatic N) is 5. The van der Waals surface area contributed by atoms with Crippen LogP contribution >= 0.6 is 0 Å². The monoisotopic (exact) mass is 329 g/mol. The highest BCUT2D eigenvalue weighted by molar-refractivity contribution is 5.95. The molecule has 3 heterocycles. The molecule has 1 unspecified atom stereocenters. The molecule has 0 radical (unpaired) electrons. The first kappa shape index (κ1) is 16.7. The lowest BCUT2D eigenvalue weighted by Crippen LogP contribution is -2.44. The van der Waals surface area contributed by atoms with Crippen LogP contribution in [-0.4, -0.2) is 42.7 Å². The van der Waals surface area contributed by atoms with Gasteiger partial charge < -0.3 is 9.47 Å². The number of likely N-dealkylation sites (tertiary alicyclic amines) is 1. The number of carbonyl (C=O) groups is 1. The first-order valence-corrected chi connectivity index (χ1v) is 8.99. The maximum Gasteiger partial charge on any atom is 0.257 e. The van der Waals surface area contributed by atoms with Crippen LogP contribution in [0.1, 0.15) is 55.1 Å². The van der Waals surface area contributed by atoms with Gasteiger partial charge in [-0.2, -0.15) is 5.10 Å². The van der Waals surface area contributed by atoms with E-state index in [-0.39, 0.29) is 5.91 Å². The van der Waals surface area contributed by atoms with Gasteiger partial charge in [0, 0.05) is 43.8 Å². The maximum absolute atomic E-state index is 13.1. The van der Waals surface area contributed by atoms with Crippen LogP contribution in [0.25, 0.3) is 0 Å². The van der Waals surface area contributed by atoms with Gasteiger partial charge in [0.05, 0.1) is 18.1 Å². The van der Waals surface area contributed by atoms with E-state index in [1.165, 1.54) is 6.42 Å². The normalized spacial score (nSPS) is 18.1. The lowest BCUT2D eigenvalue weighted by molar-refractivity contribution is 0.0594. The van der Waals surface area contributed by atoms with Crippen molar-refractivity contribution in [1.29, 1.82) is 0 Å². The SMILES string of the molecule is CCCn1ncc(C(=O)N2CCCCC2CCn2ccnc2)c1C. The van der Waals surface area contributed by atoms with E-state index in [0.717, 1.165) is 56.6 Å². The van der Waals surface area contributed by atoms with Gasteiger partial charge in [0.2, 0.25) is 0 Å². The molecular formula is C18H27N5O. The zero-order valence-corrected chi connectivity index (χ0v) is 14.7. The van der Waals surface area contributed by atoms with E-state index in [1.54, 1.807) is 12.4 Å². The summed E-state index contributed by atoms with van der Waals surface area (Å²) < 4.78 is 4.03. The lowest BCUT2D eigenvalue weighted by Gasteiger charge is -2.36. The molecule has 3 rings (SSSR count). The fraction of sp³-hybridized carbons (Fsp3) is 0.611. The zero-order chi connectivity index (χ0) is 16.9. The molecule has 1 atom stereocenters. The Morgan fingerprint density at radius 2 is 2.21 bits per heavy atom. The second kappa shape index (κ2) is 7.64. The predicted octanol–water partition coefficient (Wildman–Crippen LogP) is 2.88. The highest BCUT2D eigenvalue weighted by Gasteiger charge is 2.29. The van der Waals surface area contributed by atoms with Crippen molar-refractivity contribution < 1.29 is 4.79 Å². The minimum absolute atomic E-state index is 0.144. The van der Waals surface area contributed by atoms with Crippen LogP contribution in [0.4, 0.5) is 0 Å². The van der Waals surface area contributed by atoms with Crippen molar-refractivity contribution in [2.24, 2.45) is 0 Å². The molecule has 0 N–H and O–H groups in total. The summed E-state index contributed by atoms with van der Waals surface area (Å²) in [7, 11) is 0. The van der Waals surface area contributed by atoms with E-state index >= 15 is 0 Å². The Hall–Kier alpha value is -2.11. The molecule has 0 aliphatic carbocycles. The van der Waals surface area contributed by atoms with E-state index in [2.05, 4.69) is 26.5 Å². The number of aromatic nitrogens is 4. The van der Waals surface area contributed by atoms with Gasteiger partial charge in [0.1, 0.15) is 0 Å². The second-order valence-electron chi connectivity index (χ2n) is 6.60. The molecule has 1 aliphatic heterocycles. The molecule has 0 aromatic carbocycles. The number of hydrogen-bond donors (Lipinski definition) is 0. The highest BCUT2D eigenvalue weighted by Crippen LogP contribution is 2.23. The van der Waals surface area contributed by atoms with Crippen molar-refractivity contribution in [1.82, 2.24) is 24.2 Å². The number of aryl methyl sites for hydroxylation is 2. The van der Waals surface area contributed by atoms with Gasteiger partial charge >= 0.3 is 0 Å². The van der Waals surface area contributed by atoms with Crippen LogP contribution in [0.5, 0.6) is 0 Å². The minimum atomic E-state index is 0.144. The molecule has 6 nitrogen and oxygen atoms in total. The molecular weight excluding hydrogens is 302 g/mol. The first-order chi connectivity index (χ1) is 11.7. The summed E-state index contributed by atoms with van der Waals surface area (Å²) in [6.07, 6.45) is 12.7. The van der Waals surface area contributed by atoms with Gasteiger partial charge in [-0.1, -0.05) is 6.92 Å². The van der Waals surface area contributed by atoms with Crippen LogP contribution in [0.3, 0.4) is 0 Å². The third-order valence-corrected chi connectivity index (χ3v) is 4.94. The number of imidazole rings is 1. The fourth-order valence-corrected chi connectivity index (χ4v) is 3.53. The molecule has 6 heteroatoms. The molecule has 0 bridgehead atoms. The third-order valence-electron chi connectivity index (χ3n) is 4.94. The molecule has 0 saturated carbocycles. The van der Waals surface area contributed by atoms with Gasteiger partial charge in [0.25, 0.3) is 5.91 Å². The van der Waals surface area contributed by atoms with E-state index < -0.39 is 0 Å². The van der Waals surface area contributed by atoms with Gasteiger partial charge in [-0.25, -0.2) is 4.98 Å². The van der Waals surface area contributed by atoms with Crippen molar-refractivity contribution >= 4 is 5.91 Å². The number of hydrogen-bond acceptors (Lipinski definition) is 3. The molecule has 1 fully saturated rings. The molecule has 1 saturated heterocycles. The maximum atomic E-state index is 13.1. The lowest BCUT2D eigenvalue weighted by atomic mass is 9.98. The fourth-order valence-electron chi connectivity index (χ4n) is 3.53. The Morgan fingerprint density at radius 1 is 1.33 bits per heavy atom. The highest BCUT2D eigenvalue weighted by atomic mass is 16.2. The molecule has 0 spiro atoms. The molecule has 1 aliphatic rings. The van der Waals surface area contributed by atoms with Gasteiger partial charge in [-0.15, -0.1) is 0 Å². The van der Waals surface area contributed by atoms with Crippen LogP contribution in [0, 0.1) is 6.92 Å². The number of amides is 1. The Balaban J connectivity index is 1.71. The Labute approximate surface area is 143 Å². The quantitative estimate of drug-likeness (QED) is 0.819. The summed E-state index contributed by atoms with van der Waals surface area (Å²) in [6, 6.07) is 0.308. The van der Waals surface area contributed by atoms with Gasteiger partial charge in [-0.05, 0) is 39.0 Å². The number of piperidine rings is 1. The molecule has 2 aromatic heterocycles. The molecule has 24 heavy (non-hydrogen) atoms. The smallest absolute Gasteiger partial charge is 0.257 e. The topological polar surface area (TPSA) is 56.0 Å². The Kier molecular flexibility index (Phi) is 5.33. The number of rotatable bonds is 6. The summed E-state index contributed by atoms with van der Waals surface area (Å²) in [6.45, 7) is 6.75. The van der Waals surface area contributed by atoms with E-state index in [9.17, 15) is 4.79 Å². The minimum Gasteiger partial charge on any atom is -0.337 e. The summed E-state index contributed by atoms with van der Waals surface area (Å²) >= 11 is 0. The van der Waals surface area contributed by atoms with Crippen LogP contribution in [0.15, 0.2) is 24.9 Å². The van der Waals surface area contributed by atoms with E-state index in [4.69, 9.17) is 0 Å². The van der Waals surface area contributed by atoms with Crippen LogP contribution in [-0.2, 0) is 13.1 Å². The van der Waals surface area contributed by atoms with Gasteiger partial charge in [0.15, 0.2) is 0 Å². The Morgan fingerprint density at radius 3 is 2.96 bits per heavy atom. The third kappa shape index (κ3) is 3.52. The van der Waals surface area contributed by atoms with Crippen molar-refractivity contribution in [3.63, 3.8) is 0 Å². The van der Waals surface area contributed by atoms with E-state index in [0.29, 0.717) is 6.04 Å². The largest absolute Gasteiger partial charge is 0.337 e. The molecule has 1 amide bonds. The van der Waals surface area contributed by atoms with Crippen molar-refractivity contribution in [3.8, 4) is 0 Å². The average Bonchev–Trinajstić information content (AvgIpc) is 3.24. The van der Waals surface area contributed by atoms with E-state index in [1.807, 2.05) is 24.1 Å². The summed E-state index contributed by atoms with van der Waals surface area (Å²) in [4.78, 5) is 19.2. The van der Waals surface area contributed by atoms with Crippen LogP contribution in [0.2, 0.25) is 0 Å². The molecule has 2 aromatic rings.